The number of benzene rings is 1. The second-order valence-corrected chi connectivity index (χ2v) is 5.91. The quantitative estimate of drug-likeness (QED) is 0.809. The van der Waals surface area contributed by atoms with Crippen molar-refractivity contribution < 1.29 is 4.79 Å². The first-order valence-electron chi connectivity index (χ1n) is 5.99. The molecule has 2 N–H and O–H groups in total. The Bertz CT molecular complexity index is 612. The minimum Gasteiger partial charge on any atom is -0.378 e. The molecular weight excluding hydrogens is 388 g/mol. The molecule has 0 radical (unpaired) electrons. The van der Waals surface area contributed by atoms with Crippen molar-refractivity contribution in [2.24, 2.45) is 0 Å². The number of anilines is 1. The SMILES string of the molecule is CNC(=O)Cn1cc(NCc2ccc(Br)c(Br)c2)cn1. The zero-order valence-electron chi connectivity index (χ0n) is 10.9. The summed E-state index contributed by atoms with van der Waals surface area (Å²) >= 11 is 6.92. The summed E-state index contributed by atoms with van der Waals surface area (Å²) in [5.41, 5.74) is 2.03. The molecule has 7 heteroatoms. The van der Waals surface area contributed by atoms with Gasteiger partial charge in [-0.15, -0.1) is 0 Å². The molecule has 2 rings (SSSR count). The number of aromatic nitrogens is 2. The summed E-state index contributed by atoms with van der Waals surface area (Å²) in [6.45, 7) is 0.916. The molecule has 0 unspecified atom stereocenters. The number of halogens is 2. The molecule has 0 aliphatic carbocycles. The van der Waals surface area contributed by atoms with Crippen LogP contribution in [0.1, 0.15) is 5.56 Å². The summed E-state index contributed by atoms with van der Waals surface area (Å²) in [4.78, 5) is 11.2. The maximum absolute atomic E-state index is 11.2. The van der Waals surface area contributed by atoms with Crippen molar-refractivity contribution >= 4 is 43.5 Å². The van der Waals surface area contributed by atoms with Crippen LogP contribution >= 0.6 is 31.9 Å². The van der Waals surface area contributed by atoms with E-state index in [1.807, 2.05) is 24.4 Å². The molecule has 0 spiro atoms. The average molecular weight is 402 g/mol. The van der Waals surface area contributed by atoms with E-state index in [9.17, 15) is 4.79 Å². The standard InChI is InChI=1S/C13H14Br2N4O/c1-16-13(20)8-19-7-10(6-18-19)17-5-9-2-3-11(14)12(15)4-9/h2-4,6-7,17H,5,8H2,1H3,(H,16,20). The van der Waals surface area contributed by atoms with Gasteiger partial charge in [-0.05, 0) is 49.6 Å². The summed E-state index contributed by atoms with van der Waals surface area (Å²) in [6, 6.07) is 6.08. The lowest BCUT2D eigenvalue weighted by atomic mass is 10.2. The third kappa shape index (κ3) is 4.08. The lowest BCUT2D eigenvalue weighted by Gasteiger charge is -2.05. The van der Waals surface area contributed by atoms with Crippen LogP contribution in [0.3, 0.4) is 0 Å². The third-order valence-corrected chi connectivity index (χ3v) is 4.58. The molecule has 1 aromatic carbocycles. The predicted octanol–water partition coefficient (Wildman–Crippen LogP) is 2.77. The number of hydrogen-bond acceptors (Lipinski definition) is 3. The van der Waals surface area contributed by atoms with E-state index in [2.05, 4.69) is 47.6 Å². The van der Waals surface area contributed by atoms with Crippen LogP contribution in [0.25, 0.3) is 0 Å². The molecule has 0 fully saturated rings. The Morgan fingerprint density at radius 3 is 2.85 bits per heavy atom. The molecule has 0 saturated carbocycles. The van der Waals surface area contributed by atoms with Gasteiger partial charge in [0.1, 0.15) is 6.54 Å². The number of nitrogens with zero attached hydrogens (tertiary/aromatic N) is 2. The lowest BCUT2D eigenvalue weighted by Crippen LogP contribution is -2.23. The van der Waals surface area contributed by atoms with Gasteiger partial charge in [0.2, 0.25) is 5.91 Å². The van der Waals surface area contributed by atoms with Crippen molar-refractivity contribution in [3.05, 3.63) is 45.1 Å². The number of nitrogens with one attached hydrogen (secondary N) is 2. The van der Waals surface area contributed by atoms with Crippen LogP contribution in [-0.2, 0) is 17.9 Å². The molecule has 5 nitrogen and oxygen atoms in total. The minimum absolute atomic E-state index is 0.0727. The van der Waals surface area contributed by atoms with Gasteiger partial charge in [-0.3, -0.25) is 9.48 Å². The van der Waals surface area contributed by atoms with Gasteiger partial charge < -0.3 is 10.6 Å². The number of hydrogen-bond donors (Lipinski definition) is 2. The average Bonchev–Trinajstić information content (AvgIpc) is 2.87. The Morgan fingerprint density at radius 1 is 1.35 bits per heavy atom. The van der Waals surface area contributed by atoms with Gasteiger partial charge in [0, 0.05) is 28.7 Å². The van der Waals surface area contributed by atoms with Crippen molar-refractivity contribution in [3.63, 3.8) is 0 Å². The highest BCUT2D eigenvalue weighted by atomic mass is 79.9. The van der Waals surface area contributed by atoms with Gasteiger partial charge in [-0.2, -0.15) is 5.10 Å². The topological polar surface area (TPSA) is 59.0 Å². The molecule has 1 heterocycles. The van der Waals surface area contributed by atoms with Crippen LogP contribution in [0, 0.1) is 0 Å². The number of carbonyl (C=O) groups is 1. The van der Waals surface area contributed by atoms with Gasteiger partial charge in [0.25, 0.3) is 0 Å². The van der Waals surface area contributed by atoms with Gasteiger partial charge >= 0.3 is 0 Å². The molecule has 2 aromatic rings. The largest absolute Gasteiger partial charge is 0.378 e. The molecule has 0 saturated heterocycles. The number of carbonyl (C=O) groups excluding carboxylic acids is 1. The van der Waals surface area contributed by atoms with E-state index in [-0.39, 0.29) is 12.5 Å². The number of amides is 1. The summed E-state index contributed by atoms with van der Waals surface area (Å²) in [5.74, 6) is -0.0727. The molecule has 1 amide bonds. The molecule has 106 valence electrons. The highest BCUT2D eigenvalue weighted by Gasteiger charge is 2.03. The Hall–Kier alpha value is -1.34. The second-order valence-electron chi connectivity index (χ2n) is 4.20. The molecule has 0 aliphatic heterocycles. The van der Waals surface area contributed by atoms with E-state index in [4.69, 9.17) is 0 Å². The smallest absolute Gasteiger partial charge is 0.241 e. The maximum atomic E-state index is 11.2. The summed E-state index contributed by atoms with van der Waals surface area (Å²) < 4.78 is 3.64. The first kappa shape index (κ1) is 15.1. The lowest BCUT2D eigenvalue weighted by molar-refractivity contribution is -0.121. The molecule has 0 bridgehead atoms. The number of likely N-dealkylation sites (N-methyl/N-ethyl adjacent to an activating group) is 1. The van der Waals surface area contributed by atoms with E-state index >= 15 is 0 Å². The molecular formula is C13H14Br2N4O. The Kier molecular flexibility index (Phi) is 5.19. The molecule has 0 aliphatic rings. The van der Waals surface area contributed by atoms with E-state index in [1.54, 1.807) is 17.9 Å². The first-order chi connectivity index (χ1) is 9.58. The third-order valence-electron chi connectivity index (χ3n) is 2.70. The van der Waals surface area contributed by atoms with Crippen LogP contribution in [0.4, 0.5) is 5.69 Å². The van der Waals surface area contributed by atoms with Gasteiger partial charge in [-0.25, -0.2) is 0 Å². The van der Waals surface area contributed by atoms with Crippen LogP contribution in [0.2, 0.25) is 0 Å². The molecule has 1 aromatic heterocycles. The zero-order chi connectivity index (χ0) is 14.5. The van der Waals surface area contributed by atoms with Crippen LogP contribution in [0.5, 0.6) is 0 Å². The van der Waals surface area contributed by atoms with Gasteiger partial charge in [-0.1, -0.05) is 6.07 Å². The van der Waals surface area contributed by atoms with Crippen LogP contribution in [-0.4, -0.2) is 22.7 Å². The highest BCUT2D eigenvalue weighted by molar-refractivity contribution is 9.13. The summed E-state index contributed by atoms with van der Waals surface area (Å²) in [6.07, 6.45) is 3.51. The van der Waals surface area contributed by atoms with E-state index in [0.29, 0.717) is 6.54 Å². The van der Waals surface area contributed by atoms with Crippen LogP contribution in [0.15, 0.2) is 39.5 Å². The van der Waals surface area contributed by atoms with E-state index in [1.165, 1.54) is 0 Å². The van der Waals surface area contributed by atoms with Gasteiger partial charge in [0.15, 0.2) is 0 Å². The highest BCUT2D eigenvalue weighted by Crippen LogP contribution is 2.24. The monoisotopic (exact) mass is 400 g/mol. The van der Waals surface area contributed by atoms with Crippen LogP contribution < -0.4 is 10.6 Å². The van der Waals surface area contributed by atoms with E-state index < -0.39 is 0 Å². The molecule has 20 heavy (non-hydrogen) atoms. The van der Waals surface area contributed by atoms with Crippen molar-refractivity contribution in [1.82, 2.24) is 15.1 Å². The maximum Gasteiger partial charge on any atom is 0.241 e. The number of rotatable bonds is 5. The second kappa shape index (κ2) is 6.90. The van der Waals surface area contributed by atoms with Crippen molar-refractivity contribution in [3.8, 4) is 0 Å². The summed E-state index contributed by atoms with van der Waals surface area (Å²) in [5, 5.41) is 9.95. The Balaban J connectivity index is 1.93. The fourth-order valence-corrected chi connectivity index (χ4v) is 2.29. The predicted molar refractivity (Wildman–Crippen MR) is 85.5 cm³/mol. The van der Waals surface area contributed by atoms with Crippen molar-refractivity contribution in [1.29, 1.82) is 0 Å². The molecule has 0 atom stereocenters. The van der Waals surface area contributed by atoms with E-state index in [0.717, 1.165) is 20.2 Å². The van der Waals surface area contributed by atoms with Crippen molar-refractivity contribution in [2.45, 2.75) is 13.1 Å². The zero-order valence-corrected chi connectivity index (χ0v) is 14.0. The first-order valence-corrected chi connectivity index (χ1v) is 7.58. The fraction of sp³-hybridized carbons (Fsp3) is 0.231. The Labute approximate surface area is 134 Å². The Morgan fingerprint density at radius 2 is 2.15 bits per heavy atom. The summed E-state index contributed by atoms with van der Waals surface area (Å²) in [7, 11) is 1.61. The minimum atomic E-state index is -0.0727. The van der Waals surface area contributed by atoms with Crippen molar-refractivity contribution in [2.75, 3.05) is 12.4 Å². The fourth-order valence-electron chi connectivity index (χ4n) is 1.62. The van der Waals surface area contributed by atoms with Gasteiger partial charge in [0.05, 0.1) is 11.9 Å². The normalized spacial score (nSPS) is 10.3.